The van der Waals surface area contributed by atoms with Crippen molar-refractivity contribution in [1.82, 2.24) is 10.6 Å². The zero-order chi connectivity index (χ0) is 28.2. The Labute approximate surface area is 231 Å². The van der Waals surface area contributed by atoms with Crippen molar-refractivity contribution in [3.63, 3.8) is 0 Å². The Bertz CT molecular complexity index is 1040. The number of hydrogen-bond donors (Lipinski definition) is 2. The van der Waals surface area contributed by atoms with E-state index in [0.29, 0.717) is 63.7 Å². The number of hydrogen-bond acceptors (Lipinski definition) is 7. The molecule has 2 aliphatic heterocycles. The SMILES string of the molecule is COCCCN1C(=O)C(C)(C)Oc2ccc(N(C(=O)[C@H]3CNC[C@@H](C(=O)NCCOC(C)C)C3)C3CC3)cc21. The molecule has 10 heteroatoms. The summed E-state index contributed by atoms with van der Waals surface area (Å²) < 4.78 is 16.8. The van der Waals surface area contributed by atoms with Gasteiger partial charge in [-0.2, -0.15) is 0 Å². The molecule has 0 bridgehead atoms. The number of piperidine rings is 1. The summed E-state index contributed by atoms with van der Waals surface area (Å²) in [5.41, 5.74) is 0.457. The molecule has 39 heavy (non-hydrogen) atoms. The number of methoxy groups -OCH3 is 1. The molecule has 1 saturated heterocycles. The van der Waals surface area contributed by atoms with Crippen LogP contribution in [0.25, 0.3) is 0 Å². The van der Waals surface area contributed by atoms with Crippen molar-refractivity contribution in [2.75, 3.05) is 56.3 Å². The van der Waals surface area contributed by atoms with E-state index < -0.39 is 5.60 Å². The molecule has 3 amide bonds. The highest BCUT2D eigenvalue weighted by molar-refractivity contribution is 6.04. The van der Waals surface area contributed by atoms with Crippen molar-refractivity contribution in [3.05, 3.63) is 18.2 Å². The van der Waals surface area contributed by atoms with Crippen molar-refractivity contribution in [3.8, 4) is 5.75 Å². The molecule has 0 unspecified atom stereocenters. The van der Waals surface area contributed by atoms with E-state index in [1.807, 2.05) is 36.9 Å². The lowest BCUT2D eigenvalue weighted by Crippen LogP contribution is -2.53. The molecule has 3 aliphatic rings. The van der Waals surface area contributed by atoms with E-state index in [1.165, 1.54) is 0 Å². The van der Waals surface area contributed by atoms with E-state index in [0.717, 1.165) is 18.5 Å². The Kier molecular flexibility index (Phi) is 9.51. The lowest BCUT2D eigenvalue weighted by Gasteiger charge is -2.39. The number of carbonyl (C=O) groups excluding carboxylic acids is 3. The van der Waals surface area contributed by atoms with Gasteiger partial charge < -0.3 is 34.6 Å². The van der Waals surface area contributed by atoms with Crippen LogP contribution in [0.1, 0.15) is 53.4 Å². The van der Waals surface area contributed by atoms with E-state index in [4.69, 9.17) is 14.2 Å². The smallest absolute Gasteiger partial charge is 0.270 e. The van der Waals surface area contributed by atoms with Crippen LogP contribution in [0.3, 0.4) is 0 Å². The van der Waals surface area contributed by atoms with Crippen molar-refractivity contribution in [1.29, 1.82) is 0 Å². The number of amides is 3. The number of nitrogens with one attached hydrogen (secondary N) is 2. The number of carbonyl (C=O) groups is 3. The van der Waals surface area contributed by atoms with Gasteiger partial charge in [-0.15, -0.1) is 0 Å². The molecule has 4 rings (SSSR count). The minimum absolute atomic E-state index is 0.0138. The maximum absolute atomic E-state index is 13.9. The summed E-state index contributed by atoms with van der Waals surface area (Å²) in [4.78, 5) is 43.6. The zero-order valence-electron chi connectivity index (χ0n) is 24.0. The van der Waals surface area contributed by atoms with E-state index in [9.17, 15) is 14.4 Å². The third-order valence-electron chi connectivity index (χ3n) is 7.44. The molecule has 0 spiro atoms. The van der Waals surface area contributed by atoms with E-state index in [2.05, 4.69) is 10.6 Å². The Morgan fingerprint density at radius 2 is 1.95 bits per heavy atom. The molecule has 0 radical (unpaired) electrons. The van der Waals surface area contributed by atoms with Gasteiger partial charge in [0.1, 0.15) is 5.75 Å². The summed E-state index contributed by atoms with van der Waals surface area (Å²) in [5.74, 6) is -0.115. The second kappa shape index (κ2) is 12.7. The normalized spacial score (nSPS) is 22.3. The maximum atomic E-state index is 13.9. The van der Waals surface area contributed by atoms with Gasteiger partial charge in [0, 0.05) is 51.6 Å². The van der Waals surface area contributed by atoms with E-state index >= 15 is 0 Å². The monoisotopic (exact) mass is 544 g/mol. The van der Waals surface area contributed by atoms with Crippen molar-refractivity contribution < 1.29 is 28.6 Å². The number of rotatable bonds is 12. The highest BCUT2D eigenvalue weighted by Gasteiger charge is 2.43. The average molecular weight is 545 g/mol. The maximum Gasteiger partial charge on any atom is 0.270 e. The molecule has 0 aromatic heterocycles. The molecule has 1 aromatic rings. The first kappa shape index (κ1) is 29.3. The number of anilines is 2. The average Bonchev–Trinajstić information content (AvgIpc) is 3.74. The largest absolute Gasteiger partial charge is 0.476 e. The molecule has 216 valence electrons. The molecule has 2 atom stereocenters. The van der Waals surface area contributed by atoms with Gasteiger partial charge in [0.2, 0.25) is 11.8 Å². The molecule has 2 fully saturated rings. The van der Waals surface area contributed by atoms with Crippen LogP contribution in [0, 0.1) is 11.8 Å². The fraction of sp³-hybridized carbons (Fsp3) is 0.690. The van der Waals surface area contributed by atoms with Gasteiger partial charge in [-0.3, -0.25) is 14.4 Å². The Balaban J connectivity index is 1.49. The van der Waals surface area contributed by atoms with Crippen LogP contribution in [0.2, 0.25) is 0 Å². The summed E-state index contributed by atoms with van der Waals surface area (Å²) >= 11 is 0. The molecule has 1 saturated carbocycles. The van der Waals surface area contributed by atoms with Gasteiger partial charge in [0.15, 0.2) is 5.60 Å². The molecule has 2 N–H and O–H groups in total. The quantitative estimate of drug-likeness (QED) is 0.389. The summed E-state index contributed by atoms with van der Waals surface area (Å²) in [7, 11) is 1.64. The first-order valence-electron chi connectivity index (χ1n) is 14.2. The van der Waals surface area contributed by atoms with Gasteiger partial charge in [-0.05, 0) is 71.6 Å². The van der Waals surface area contributed by atoms with Gasteiger partial charge in [0.25, 0.3) is 5.91 Å². The minimum Gasteiger partial charge on any atom is -0.476 e. The minimum atomic E-state index is -0.974. The second-order valence-corrected chi connectivity index (χ2v) is 11.5. The first-order chi connectivity index (χ1) is 18.6. The van der Waals surface area contributed by atoms with E-state index in [1.54, 1.807) is 25.9 Å². The predicted octanol–water partition coefficient (Wildman–Crippen LogP) is 2.49. The second-order valence-electron chi connectivity index (χ2n) is 11.5. The predicted molar refractivity (Wildman–Crippen MR) is 149 cm³/mol. The molecule has 1 aliphatic carbocycles. The van der Waals surface area contributed by atoms with Crippen LogP contribution in [-0.2, 0) is 23.9 Å². The summed E-state index contributed by atoms with van der Waals surface area (Å²) in [5, 5.41) is 6.24. The number of ether oxygens (including phenoxy) is 3. The molecular weight excluding hydrogens is 500 g/mol. The van der Waals surface area contributed by atoms with Crippen LogP contribution < -0.4 is 25.2 Å². The van der Waals surface area contributed by atoms with Gasteiger partial charge in [-0.1, -0.05) is 0 Å². The third-order valence-corrected chi connectivity index (χ3v) is 7.44. The highest BCUT2D eigenvalue weighted by Crippen LogP contribution is 2.43. The lowest BCUT2D eigenvalue weighted by molar-refractivity contribution is -0.132. The topological polar surface area (TPSA) is 109 Å². The fourth-order valence-corrected chi connectivity index (χ4v) is 5.29. The molecule has 1 aromatic carbocycles. The van der Waals surface area contributed by atoms with Crippen molar-refractivity contribution in [2.45, 2.75) is 71.1 Å². The molecule has 2 heterocycles. The van der Waals surface area contributed by atoms with Crippen molar-refractivity contribution in [2.24, 2.45) is 11.8 Å². The molecule has 10 nitrogen and oxygen atoms in total. The van der Waals surface area contributed by atoms with Crippen LogP contribution in [-0.4, -0.2) is 82.0 Å². The van der Waals surface area contributed by atoms with Crippen LogP contribution in [0.5, 0.6) is 5.75 Å². The summed E-state index contributed by atoms with van der Waals surface area (Å²) in [6.45, 7) is 10.5. The van der Waals surface area contributed by atoms with Crippen molar-refractivity contribution >= 4 is 29.1 Å². The lowest BCUT2D eigenvalue weighted by atomic mass is 9.88. The first-order valence-corrected chi connectivity index (χ1v) is 14.2. The van der Waals surface area contributed by atoms with Gasteiger partial charge >= 0.3 is 0 Å². The summed E-state index contributed by atoms with van der Waals surface area (Å²) in [6.07, 6.45) is 3.17. The third kappa shape index (κ3) is 7.10. The zero-order valence-corrected chi connectivity index (χ0v) is 24.0. The standard InChI is InChI=1S/C29H44N4O6/c1-19(2)38-14-11-31-26(34)20-15-21(18-30-17-20)27(35)33(22-7-8-22)23-9-10-25-24(16-23)32(12-6-13-37-5)28(36)29(3,4)39-25/h9-10,16,19-22,30H,6-8,11-15,17-18H2,1-5H3,(H,31,34)/t20-,21+/m0/s1. The Morgan fingerprint density at radius 3 is 2.64 bits per heavy atom. The van der Waals surface area contributed by atoms with E-state index in [-0.39, 0.29) is 41.7 Å². The molecular formula is C29H44N4O6. The number of benzene rings is 1. The highest BCUT2D eigenvalue weighted by atomic mass is 16.5. The van der Waals surface area contributed by atoms with Crippen LogP contribution in [0.4, 0.5) is 11.4 Å². The summed E-state index contributed by atoms with van der Waals surface area (Å²) in [6, 6.07) is 5.79. The van der Waals surface area contributed by atoms with Gasteiger partial charge in [-0.25, -0.2) is 0 Å². The number of fused-ring (bicyclic) bond motifs is 1. The van der Waals surface area contributed by atoms with Crippen LogP contribution in [0.15, 0.2) is 18.2 Å². The fourth-order valence-electron chi connectivity index (χ4n) is 5.29. The Hall–Kier alpha value is -2.69. The Morgan fingerprint density at radius 1 is 1.21 bits per heavy atom. The van der Waals surface area contributed by atoms with Gasteiger partial charge in [0.05, 0.1) is 30.2 Å². The number of nitrogens with zero attached hydrogens (tertiary/aromatic N) is 2. The van der Waals surface area contributed by atoms with Crippen LogP contribution >= 0.6 is 0 Å².